The summed E-state index contributed by atoms with van der Waals surface area (Å²) >= 11 is 0. The first kappa shape index (κ1) is 23.2. The summed E-state index contributed by atoms with van der Waals surface area (Å²) in [5, 5.41) is 12.2. The van der Waals surface area contributed by atoms with Gasteiger partial charge in [-0.3, -0.25) is 23.9 Å². The first-order chi connectivity index (χ1) is 16.9. The van der Waals surface area contributed by atoms with Crippen molar-refractivity contribution in [1.82, 2.24) is 20.1 Å². The lowest BCUT2D eigenvalue weighted by atomic mass is 10.1. The van der Waals surface area contributed by atoms with Crippen molar-refractivity contribution in [2.24, 2.45) is 0 Å². The normalized spacial score (nSPS) is 10.5. The molecular formula is C24H22N6O5. The Labute approximate surface area is 199 Å². The van der Waals surface area contributed by atoms with Crippen molar-refractivity contribution in [1.29, 1.82) is 0 Å². The number of hydrogen-bond acceptors (Lipinski definition) is 6. The average Bonchev–Trinajstić information content (AvgIpc) is 3.29. The van der Waals surface area contributed by atoms with Crippen molar-refractivity contribution in [2.75, 3.05) is 24.3 Å². The van der Waals surface area contributed by atoms with Crippen molar-refractivity contribution in [3.05, 3.63) is 82.9 Å². The SMILES string of the molecule is COc1ccc(NC(=O)Cn2cc(NC(=O)CNC(=O)c3c[nH]c4ccccc4c3=O)cn2)cc1. The van der Waals surface area contributed by atoms with E-state index in [1.54, 1.807) is 55.6 Å². The molecule has 0 saturated heterocycles. The van der Waals surface area contributed by atoms with Gasteiger partial charge in [0.15, 0.2) is 0 Å². The molecule has 0 saturated carbocycles. The van der Waals surface area contributed by atoms with Crippen LogP contribution >= 0.6 is 0 Å². The van der Waals surface area contributed by atoms with E-state index in [1.807, 2.05) is 0 Å². The third kappa shape index (κ3) is 5.71. The van der Waals surface area contributed by atoms with Crippen LogP contribution in [0.15, 0.2) is 71.9 Å². The number of benzene rings is 2. The minimum atomic E-state index is -0.668. The minimum absolute atomic E-state index is 0.0661. The van der Waals surface area contributed by atoms with Crippen molar-refractivity contribution in [2.45, 2.75) is 6.54 Å². The molecular weight excluding hydrogens is 452 g/mol. The average molecular weight is 474 g/mol. The zero-order valence-corrected chi connectivity index (χ0v) is 18.7. The van der Waals surface area contributed by atoms with Crippen LogP contribution in [-0.2, 0) is 16.1 Å². The van der Waals surface area contributed by atoms with E-state index in [4.69, 9.17) is 4.74 Å². The number of methoxy groups -OCH3 is 1. The van der Waals surface area contributed by atoms with Gasteiger partial charge in [-0.15, -0.1) is 0 Å². The van der Waals surface area contributed by atoms with E-state index >= 15 is 0 Å². The van der Waals surface area contributed by atoms with Crippen LogP contribution < -0.4 is 26.1 Å². The Morgan fingerprint density at radius 3 is 2.51 bits per heavy atom. The molecule has 35 heavy (non-hydrogen) atoms. The summed E-state index contributed by atoms with van der Waals surface area (Å²) in [4.78, 5) is 52.3. The summed E-state index contributed by atoms with van der Waals surface area (Å²) in [6.07, 6.45) is 4.19. The van der Waals surface area contributed by atoms with Crippen LogP contribution in [0.25, 0.3) is 10.9 Å². The number of nitrogens with zero attached hydrogens (tertiary/aromatic N) is 2. The van der Waals surface area contributed by atoms with Gasteiger partial charge in [0.05, 0.1) is 25.5 Å². The molecule has 11 nitrogen and oxygen atoms in total. The number of anilines is 2. The smallest absolute Gasteiger partial charge is 0.257 e. The first-order valence-corrected chi connectivity index (χ1v) is 10.6. The highest BCUT2D eigenvalue weighted by molar-refractivity contribution is 6.00. The molecule has 4 rings (SSSR count). The summed E-state index contributed by atoms with van der Waals surface area (Å²) in [6.45, 7) is -0.419. The molecule has 0 spiro atoms. The lowest BCUT2D eigenvalue weighted by Gasteiger charge is -2.07. The highest BCUT2D eigenvalue weighted by Crippen LogP contribution is 2.15. The lowest BCUT2D eigenvalue weighted by Crippen LogP contribution is -2.35. The van der Waals surface area contributed by atoms with Crippen LogP contribution in [0.3, 0.4) is 0 Å². The molecule has 178 valence electrons. The zero-order valence-electron chi connectivity index (χ0n) is 18.7. The Hall–Kier alpha value is -4.93. The summed E-state index contributed by atoms with van der Waals surface area (Å²) in [5.41, 5.74) is 1.06. The number of nitrogens with one attached hydrogen (secondary N) is 4. The molecule has 4 N–H and O–H groups in total. The number of aromatic nitrogens is 3. The number of amides is 3. The van der Waals surface area contributed by atoms with E-state index in [-0.39, 0.29) is 24.6 Å². The van der Waals surface area contributed by atoms with Gasteiger partial charge in [0, 0.05) is 29.0 Å². The molecule has 3 amide bonds. The number of rotatable bonds is 8. The van der Waals surface area contributed by atoms with Crippen molar-refractivity contribution >= 4 is 40.0 Å². The Morgan fingerprint density at radius 2 is 1.74 bits per heavy atom. The molecule has 0 aliphatic heterocycles. The van der Waals surface area contributed by atoms with Gasteiger partial charge in [0.1, 0.15) is 17.9 Å². The molecule has 0 aliphatic rings. The maximum Gasteiger partial charge on any atom is 0.257 e. The molecule has 0 bridgehead atoms. The second-order valence-corrected chi connectivity index (χ2v) is 7.51. The van der Waals surface area contributed by atoms with E-state index in [0.717, 1.165) is 0 Å². The second-order valence-electron chi connectivity index (χ2n) is 7.51. The van der Waals surface area contributed by atoms with Gasteiger partial charge in [-0.2, -0.15) is 5.10 Å². The van der Waals surface area contributed by atoms with E-state index in [1.165, 1.54) is 23.3 Å². The topological polar surface area (TPSA) is 147 Å². The van der Waals surface area contributed by atoms with Gasteiger partial charge in [-0.1, -0.05) is 12.1 Å². The fourth-order valence-electron chi connectivity index (χ4n) is 3.33. The number of hydrogen-bond donors (Lipinski definition) is 4. The Balaban J connectivity index is 1.28. The van der Waals surface area contributed by atoms with Crippen molar-refractivity contribution < 1.29 is 19.1 Å². The van der Waals surface area contributed by atoms with Gasteiger partial charge < -0.3 is 25.7 Å². The maximum absolute atomic E-state index is 12.5. The third-order valence-corrected chi connectivity index (χ3v) is 5.04. The molecule has 2 aromatic carbocycles. The summed E-state index contributed by atoms with van der Waals surface area (Å²) in [5.74, 6) is -0.810. The van der Waals surface area contributed by atoms with E-state index in [9.17, 15) is 19.2 Å². The predicted molar refractivity (Wildman–Crippen MR) is 129 cm³/mol. The van der Waals surface area contributed by atoms with Crippen LogP contribution in [0.5, 0.6) is 5.75 Å². The van der Waals surface area contributed by atoms with Crippen molar-refractivity contribution in [3.63, 3.8) is 0 Å². The first-order valence-electron chi connectivity index (χ1n) is 10.6. The summed E-state index contributed by atoms with van der Waals surface area (Å²) in [6, 6.07) is 13.7. The predicted octanol–water partition coefficient (Wildman–Crippen LogP) is 1.74. The summed E-state index contributed by atoms with van der Waals surface area (Å²) < 4.78 is 6.44. The van der Waals surface area contributed by atoms with Crippen LogP contribution in [-0.4, -0.2) is 46.1 Å². The van der Waals surface area contributed by atoms with Gasteiger partial charge in [-0.05, 0) is 36.4 Å². The number of para-hydroxylation sites is 1. The Morgan fingerprint density at radius 1 is 1.00 bits per heavy atom. The van der Waals surface area contributed by atoms with Crippen LogP contribution in [0.4, 0.5) is 11.4 Å². The van der Waals surface area contributed by atoms with Gasteiger partial charge in [-0.25, -0.2) is 0 Å². The van der Waals surface area contributed by atoms with Crippen LogP contribution in [0, 0.1) is 0 Å². The number of carbonyl (C=O) groups excluding carboxylic acids is 3. The van der Waals surface area contributed by atoms with E-state index in [0.29, 0.717) is 28.0 Å². The molecule has 0 fully saturated rings. The quantitative estimate of drug-likeness (QED) is 0.306. The molecule has 0 atom stereocenters. The zero-order chi connectivity index (χ0) is 24.8. The molecule has 2 heterocycles. The number of H-pyrrole nitrogens is 1. The fraction of sp³-hybridized carbons (Fsp3) is 0.125. The van der Waals surface area contributed by atoms with Crippen LogP contribution in [0.1, 0.15) is 10.4 Å². The van der Waals surface area contributed by atoms with E-state index < -0.39 is 17.2 Å². The molecule has 11 heteroatoms. The molecule has 0 aliphatic carbocycles. The lowest BCUT2D eigenvalue weighted by molar-refractivity contribution is -0.117. The number of fused-ring (bicyclic) bond motifs is 1. The number of carbonyl (C=O) groups is 3. The Bertz CT molecular complexity index is 1440. The van der Waals surface area contributed by atoms with Crippen LogP contribution in [0.2, 0.25) is 0 Å². The number of aromatic amines is 1. The van der Waals surface area contributed by atoms with Crippen molar-refractivity contribution in [3.8, 4) is 5.75 Å². The maximum atomic E-state index is 12.5. The minimum Gasteiger partial charge on any atom is -0.497 e. The molecule has 0 unspecified atom stereocenters. The Kier molecular flexibility index (Phi) is 6.86. The fourth-order valence-corrected chi connectivity index (χ4v) is 3.33. The molecule has 4 aromatic rings. The monoisotopic (exact) mass is 474 g/mol. The summed E-state index contributed by atoms with van der Waals surface area (Å²) in [7, 11) is 1.56. The second kappa shape index (κ2) is 10.3. The standard InChI is InChI=1S/C24H22N6O5/c1-35-17-8-6-15(7-9-17)28-22(32)14-30-13-16(10-27-30)29-21(31)12-26-24(34)19-11-25-20-5-3-2-4-18(20)23(19)33/h2-11,13H,12,14H2,1H3,(H,25,33)(H,26,34)(H,28,32)(H,29,31). The number of ether oxygens (including phenoxy) is 1. The van der Waals surface area contributed by atoms with Gasteiger partial charge in [0.2, 0.25) is 17.2 Å². The van der Waals surface area contributed by atoms with E-state index in [2.05, 4.69) is 26.0 Å². The third-order valence-electron chi connectivity index (χ3n) is 5.04. The largest absolute Gasteiger partial charge is 0.497 e. The van der Waals surface area contributed by atoms with Gasteiger partial charge >= 0.3 is 0 Å². The van der Waals surface area contributed by atoms with Gasteiger partial charge in [0.25, 0.3) is 5.91 Å². The molecule has 2 aromatic heterocycles. The number of pyridine rings is 1. The highest BCUT2D eigenvalue weighted by Gasteiger charge is 2.14. The highest BCUT2D eigenvalue weighted by atomic mass is 16.5. The molecule has 0 radical (unpaired) electrons.